The number of cyclic esters (lactones) is 1. The predicted octanol–water partition coefficient (Wildman–Crippen LogP) is 1.23. The van der Waals surface area contributed by atoms with Gasteiger partial charge in [-0.05, 0) is 6.07 Å². The van der Waals surface area contributed by atoms with Crippen LogP contribution in [0.2, 0.25) is 0 Å². The van der Waals surface area contributed by atoms with Crippen molar-refractivity contribution in [2.75, 3.05) is 33.4 Å². The SMILES string of the molecule is COc1ccccc1C1N(CCN2CCOC2=O)C(O)=CS1(=O)=O. The van der Waals surface area contributed by atoms with Crippen LogP contribution in [0.3, 0.4) is 0 Å². The maximum Gasteiger partial charge on any atom is 0.409 e. The minimum absolute atomic E-state index is 0.152. The summed E-state index contributed by atoms with van der Waals surface area (Å²) in [6.07, 6.45) is -0.436. The van der Waals surface area contributed by atoms with E-state index in [1.807, 2.05) is 0 Å². The molecule has 1 N–H and O–H groups in total. The number of sulfone groups is 1. The first-order valence-electron chi connectivity index (χ1n) is 7.40. The molecule has 0 bridgehead atoms. The molecule has 3 rings (SSSR count). The number of hydrogen-bond acceptors (Lipinski definition) is 7. The third-order valence-corrected chi connectivity index (χ3v) is 5.69. The molecule has 1 aromatic carbocycles. The van der Waals surface area contributed by atoms with Gasteiger partial charge in [-0.15, -0.1) is 0 Å². The smallest absolute Gasteiger partial charge is 0.409 e. The molecule has 0 aliphatic carbocycles. The highest BCUT2D eigenvalue weighted by atomic mass is 32.2. The number of para-hydroxylation sites is 1. The van der Waals surface area contributed by atoms with E-state index in [4.69, 9.17) is 9.47 Å². The Balaban J connectivity index is 1.88. The molecule has 2 heterocycles. The fourth-order valence-corrected chi connectivity index (χ4v) is 4.56. The molecule has 1 atom stereocenters. The molecule has 0 spiro atoms. The Kier molecular flexibility index (Phi) is 4.27. The largest absolute Gasteiger partial charge is 0.496 e. The van der Waals surface area contributed by atoms with Gasteiger partial charge in [0.25, 0.3) is 0 Å². The average molecular weight is 354 g/mol. The second-order valence-corrected chi connectivity index (χ2v) is 7.31. The van der Waals surface area contributed by atoms with Crippen molar-refractivity contribution < 1.29 is 27.8 Å². The van der Waals surface area contributed by atoms with Crippen LogP contribution < -0.4 is 4.74 Å². The number of carbonyl (C=O) groups is 1. The number of hydrogen-bond donors (Lipinski definition) is 1. The molecule has 0 saturated carbocycles. The third-order valence-electron chi connectivity index (χ3n) is 4.02. The molecule has 1 fully saturated rings. The second kappa shape index (κ2) is 6.23. The second-order valence-electron chi connectivity index (χ2n) is 5.45. The Labute approximate surface area is 139 Å². The van der Waals surface area contributed by atoms with Crippen molar-refractivity contribution >= 4 is 15.9 Å². The number of carbonyl (C=O) groups excluding carboxylic acids is 1. The van der Waals surface area contributed by atoms with Gasteiger partial charge in [0, 0.05) is 18.7 Å². The minimum Gasteiger partial charge on any atom is -0.496 e. The van der Waals surface area contributed by atoms with Gasteiger partial charge < -0.3 is 24.4 Å². The third kappa shape index (κ3) is 2.86. The van der Waals surface area contributed by atoms with Crippen molar-refractivity contribution in [2.24, 2.45) is 0 Å². The van der Waals surface area contributed by atoms with Crippen LogP contribution in [0.4, 0.5) is 4.79 Å². The number of amides is 1. The van der Waals surface area contributed by atoms with E-state index in [1.54, 1.807) is 24.3 Å². The topological polar surface area (TPSA) is 96.4 Å². The van der Waals surface area contributed by atoms with E-state index in [9.17, 15) is 18.3 Å². The Bertz CT molecular complexity index is 776. The summed E-state index contributed by atoms with van der Waals surface area (Å²) >= 11 is 0. The van der Waals surface area contributed by atoms with Crippen LogP contribution in [0.15, 0.2) is 35.6 Å². The Hall–Kier alpha value is -2.42. The summed E-state index contributed by atoms with van der Waals surface area (Å²) in [6, 6.07) is 6.75. The summed E-state index contributed by atoms with van der Waals surface area (Å²) in [5.74, 6) is 0.0678. The number of aliphatic hydroxyl groups excluding tert-OH is 1. The summed E-state index contributed by atoms with van der Waals surface area (Å²) < 4.78 is 35.0. The molecular formula is C15H18N2O6S. The molecule has 0 aromatic heterocycles. The maximum absolute atomic E-state index is 12.5. The van der Waals surface area contributed by atoms with Gasteiger partial charge in [0.1, 0.15) is 12.4 Å². The number of aliphatic hydroxyl groups is 1. The normalized spacial score (nSPS) is 22.5. The van der Waals surface area contributed by atoms with Crippen molar-refractivity contribution in [3.63, 3.8) is 0 Å². The fourth-order valence-electron chi connectivity index (χ4n) is 2.88. The fraction of sp³-hybridized carbons (Fsp3) is 0.400. The van der Waals surface area contributed by atoms with Gasteiger partial charge in [-0.1, -0.05) is 18.2 Å². The lowest BCUT2D eigenvalue weighted by atomic mass is 10.2. The Morgan fingerprint density at radius 3 is 2.75 bits per heavy atom. The van der Waals surface area contributed by atoms with E-state index < -0.39 is 21.3 Å². The lowest BCUT2D eigenvalue weighted by molar-refractivity contribution is 0.146. The Morgan fingerprint density at radius 1 is 1.33 bits per heavy atom. The van der Waals surface area contributed by atoms with Crippen molar-refractivity contribution in [2.45, 2.75) is 5.37 Å². The molecule has 1 aromatic rings. The number of ether oxygens (including phenoxy) is 2. The lowest BCUT2D eigenvalue weighted by Crippen LogP contribution is -2.36. The average Bonchev–Trinajstić information content (AvgIpc) is 3.05. The summed E-state index contributed by atoms with van der Waals surface area (Å²) in [7, 11) is -2.27. The zero-order chi connectivity index (χ0) is 17.3. The van der Waals surface area contributed by atoms with Gasteiger partial charge in [0.15, 0.2) is 11.3 Å². The van der Waals surface area contributed by atoms with Crippen LogP contribution in [-0.4, -0.2) is 62.8 Å². The van der Waals surface area contributed by atoms with Gasteiger partial charge in [0.2, 0.25) is 9.84 Å². The molecule has 8 nitrogen and oxygen atoms in total. The van der Waals surface area contributed by atoms with Crippen LogP contribution >= 0.6 is 0 Å². The monoisotopic (exact) mass is 354 g/mol. The first-order valence-corrected chi connectivity index (χ1v) is 9.01. The molecule has 1 saturated heterocycles. The molecule has 1 unspecified atom stereocenters. The van der Waals surface area contributed by atoms with Gasteiger partial charge in [-0.25, -0.2) is 13.2 Å². The van der Waals surface area contributed by atoms with Crippen LogP contribution in [0.1, 0.15) is 10.9 Å². The number of methoxy groups -OCH3 is 1. The summed E-state index contributed by atoms with van der Waals surface area (Å²) in [6.45, 7) is 1.16. The van der Waals surface area contributed by atoms with Crippen LogP contribution in [0.5, 0.6) is 5.75 Å². The van der Waals surface area contributed by atoms with Crippen molar-refractivity contribution in [1.29, 1.82) is 0 Å². The Morgan fingerprint density at radius 2 is 2.08 bits per heavy atom. The minimum atomic E-state index is -3.73. The van der Waals surface area contributed by atoms with Gasteiger partial charge in [-0.3, -0.25) is 0 Å². The van der Waals surface area contributed by atoms with Crippen molar-refractivity contribution in [3.05, 3.63) is 41.1 Å². The highest BCUT2D eigenvalue weighted by Crippen LogP contribution is 2.40. The predicted molar refractivity (Wildman–Crippen MR) is 85.0 cm³/mol. The lowest BCUT2D eigenvalue weighted by Gasteiger charge is -2.28. The van der Waals surface area contributed by atoms with E-state index in [-0.39, 0.29) is 19.0 Å². The summed E-state index contributed by atoms with van der Waals surface area (Å²) in [5.41, 5.74) is 0.435. The van der Waals surface area contributed by atoms with Crippen molar-refractivity contribution in [1.82, 2.24) is 9.80 Å². The standard InChI is InChI=1S/C15H18N2O6S/c1-22-12-5-3-2-4-11(12)14-17(13(18)10-24(14,20)21)7-6-16-8-9-23-15(16)19/h2-5,10,14,18H,6-9H2,1H3. The molecule has 24 heavy (non-hydrogen) atoms. The van der Waals surface area contributed by atoms with E-state index in [0.29, 0.717) is 24.5 Å². The molecule has 1 amide bonds. The van der Waals surface area contributed by atoms with E-state index in [1.165, 1.54) is 16.9 Å². The van der Waals surface area contributed by atoms with E-state index >= 15 is 0 Å². The molecule has 2 aliphatic heterocycles. The van der Waals surface area contributed by atoms with Crippen LogP contribution in [0, 0.1) is 0 Å². The number of nitrogens with zero attached hydrogens (tertiary/aromatic N) is 2. The highest BCUT2D eigenvalue weighted by Gasteiger charge is 2.41. The number of rotatable bonds is 5. The van der Waals surface area contributed by atoms with E-state index in [0.717, 1.165) is 5.41 Å². The molecule has 2 aliphatic rings. The molecule has 9 heteroatoms. The molecular weight excluding hydrogens is 336 g/mol. The van der Waals surface area contributed by atoms with E-state index in [2.05, 4.69) is 0 Å². The van der Waals surface area contributed by atoms with Crippen molar-refractivity contribution in [3.8, 4) is 5.75 Å². The molecule has 130 valence electrons. The van der Waals surface area contributed by atoms with Gasteiger partial charge >= 0.3 is 6.09 Å². The maximum atomic E-state index is 12.5. The zero-order valence-corrected chi connectivity index (χ0v) is 13.9. The first kappa shape index (κ1) is 16.4. The van der Waals surface area contributed by atoms with Crippen LogP contribution in [-0.2, 0) is 14.6 Å². The van der Waals surface area contributed by atoms with Crippen LogP contribution in [0.25, 0.3) is 0 Å². The van der Waals surface area contributed by atoms with Gasteiger partial charge in [0.05, 0.1) is 19.1 Å². The molecule has 0 radical (unpaired) electrons. The van der Waals surface area contributed by atoms with Gasteiger partial charge in [-0.2, -0.15) is 0 Å². The zero-order valence-electron chi connectivity index (χ0n) is 13.1. The summed E-state index contributed by atoms with van der Waals surface area (Å²) in [4.78, 5) is 14.3. The first-order chi connectivity index (χ1) is 11.4. The number of benzene rings is 1. The summed E-state index contributed by atoms with van der Waals surface area (Å²) in [5, 5.41) is 9.84. The quantitative estimate of drug-likeness (QED) is 0.849. The highest BCUT2D eigenvalue weighted by molar-refractivity contribution is 7.94.